The summed E-state index contributed by atoms with van der Waals surface area (Å²) in [6.45, 7) is 3.74. The monoisotopic (exact) mass is 357 g/mol. The van der Waals surface area contributed by atoms with Gasteiger partial charge in [0.25, 0.3) is 0 Å². The SMILES string of the molecule is CCc1cc2c(cc1Cl)C(=O)/C(=C/c1cc3oc(C)nc3s1)C2=O. The van der Waals surface area contributed by atoms with Gasteiger partial charge in [0, 0.05) is 34.0 Å². The number of carbonyl (C=O) groups is 2. The van der Waals surface area contributed by atoms with Crippen molar-refractivity contribution in [1.82, 2.24) is 4.98 Å². The van der Waals surface area contributed by atoms with Crippen LogP contribution in [-0.2, 0) is 6.42 Å². The second-order valence-corrected chi connectivity index (χ2v) is 7.08. The molecule has 0 spiro atoms. The fraction of sp³-hybridized carbons (Fsp3) is 0.167. The van der Waals surface area contributed by atoms with Crippen LogP contribution in [0.25, 0.3) is 16.5 Å². The Morgan fingerprint density at radius 3 is 2.58 bits per heavy atom. The summed E-state index contributed by atoms with van der Waals surface area (Å²) in [7, 11) is 0. The number of ketones is 2. The molecule has 4 rings (SSSR count). The molecular weight excluding hydrogens is 346 g/mol. The van der Waals surface area contributed by atoms with Crippen LogP contribution in [0.5, 0.6) is 0 Å². The first-order valence-corrected chi connectivity index (χ1v) is 8.68. The summed E-state index contributed by atoms with van der Waals surface area (Å²) in [5, 5.41) is 0.520. The molecule has 0 saturated heterocycles. The van der Waals surface area contributed by atoms with Crippen LogP contribution >= 0.6 is 22.9 Å². The molecule has 0 amide bonds. The summed E-state index contributed by atoms with van der Waals surface area (Å²) in [6, 6.07) is 5.12. The zero-order chi connectivity index (χ0) is 17.0. The minimum absolute atomic E-state index is 0.162. The summed E-state index contributed by atoms with van der Waals surface area (Å²) in [6.07, 6.45) is 2.32. The molecule has 0 fully saturated rings. The van der Waals surface area contributed by atoms with Crippen LogP contribution in [0.2, 0.25) is 5.02 Å². The number of Topliss-reactive ketones (excluding diaryl/α,β-unsaturated/α-hetero) is 2. The fourth-order valence-electron chi connectivity index (χ4n) is 2.86. The number of allylic oxidation sites excluding steroid dienone is 1. The number of aromatic nitrogens is 1. The van der Waals surface area contributed by atoms with Crippen LogP contribution in [0, 0.1) is 6.92 Å². The van der Waals surface area contributed by atoms with E-state index in [-0.39, 0.29) is 17.1 Å². The number of oxazole rings is 1. The summed E-state index contributed by atoms with van der Waals surface area (Å²) in [4.78, 5) is 31.0. The van der Waals surface area contributed by atoms with E-state index in [1.807, 2.05) is 6.92 Å². The minimum atomic E-state index is -0.284. The Kier molecular flexibility index (Phi) is 3.44. The molecule has 0 bridgehead atoms. The van der Waals surface area contributed by atoms with Crippen molar-refractivity contribution >= 4 is 51.0 Å². The van der Waals surface area contributed by atoms with Crippen molar-refractivity contribution < 1.29 is 14.0 Å². The zero-order valence-electron chi connectivity index (χ0n) is 13.0. The molecule has 120 valence electrons. The van der Waals surface area contributed by atoms with Gasteiger partial charge in [0.05, 0.1) is 5.57 Å². The first kappa shape index (κ1) is 15.3. The normalized spacial score (nSPS) is 15.7. The number of rotatable bonds is 2. The number of nitrogens with zero attached hydrogens (tertiary/aromatic N) is 1. The summed E-state index contributed by atoms with van der Waals surface area (Å²) >= 11 is 7.57. The fourth-order valence-corrected chi connectivity index (χ4v) is 4.10. The van der Waals surface area contributed by atoms with Crippen LogP contribution in [0.1, 0.15) is 44.0 Å². The molecule has 3 aromatic rings. The number of carbonyl (C=O) groups excluding carboxylic acids is 2. The average molecular weight is 358 g/mol. The molecule has 0 N–H and O–H groups in total. The van der Waals surface area contributed by atoms with Crippen molar-refractivity contribution in [2.45, 2.75) is 20.3 Å². The maximum Gasteiger partial charge on any atom is 0.197 e. The number of hydrogen-bond acceptors (Lipinski definition) is 5. The molecule has 0 unspecified atom stereocenters. The lowest BCUT2D eigenvalue weighted by molar-refractivity contribution is 0.0990. The van der Waals surface area contributed by atoms with Gasteiger partial charge in [0.1, 0.15) is 0 Å². The van der Waals surface area contributed by atoms with Crippen molar-refractivity contribution in [3.63, 3.8) is 0 Å². The van der Waals surface area contributed by atoms with Crippen molar-refractivity contribution in [3.05, 3.63) is 56.3 Å². The van der Waals surface area contributed by atoms with Crippen LogP contribution in [0.3, 0.4) is 0 Å². The predicted octanol–water partition coefficient (Wildman–Crippen LogP) is 4.88. The topological polar surface area (TPSA) is 60.2 Å². The Bertz CT molecular complexity index is 1030. The maximum absolute atomic E-state index is 12.6. The van der Waals surface area contributed by atoms with Crippen LogP contribution in [-0.4, -0.2) is 16.6 Å². The largest absolute Gasteiger partial charge is 0.440 e. The van der Waals surface area contributed by atoms with E-state index in [1.165, 1.54) is 11.3 Å². The van der Waals surface area contributed by atoms with E-state index in [0.29, 0.717) is 34.0 Å². The number of aryl methyl sites for hydroxylation is 2. The van der Waals surface area contributed by atoms with Gasteiger partial charge in [-0.05, 0) is 30.2 Å². The first-order valence-electron chi connectivity index (χ1n) is 7.48. The van der Waals surface area contributed by atoms with Gasteiger partial charge in [-0.15, -0.1) is 11.3 Å². The highest BCUT2D eigenvalue weighted by atomic mass is 35.5. The number of halogens is 1. The quantitative estimate of drug-likeness (QED) is 0.484. The highest BCUT2D eigenvalue weighted by molar-refractivity contribution is 7.19. The van der Waals surface area contributed by atoms with Gasteiger partial charge < -0.3 is 4.42 Å². The zero-order valence-corrected chi connectivity index (χ0v) is 14.5. The lowest BCUT2D eigenvalue weighted by atomic mass is 10.0. The molecule has 1 aliphatic rings. The van der Waals surface area contributed by atoms with Gasteiger partial charge in [-0.2, -0.15) is 0 Å². The standard InChI is InChI=1S/C18H12ClNO3S/c1-3-9-4-11-12(7-14(9)19)17(22)13(16(11)21)5-10-6-15-18(24-10)20-8(2)23-15/h4-7H,3H2,1-2H3/b13-5+. The molecule has 24 heavy (non-hydrogen) atoms. The van der Waals surface area contributed by atoms with E-state index in [4.69, 9.17) is 16.0 Å². The third kappa shape index (κ3) is 2.24. The Hall–Kier alpha value is -2.24. The summed E-state index contributed by atoms with van der Waals surface area (Å²) in [5.41, 5.74) is 2.50. The smallest absolute Gasteiger partial charge is 0.197 e. The van der Waals surface area contributed by atoms with Crippen LogP contribution < -0.4 is 0 Å². The molecule has 0 aliphatic heterocycles. The van der Waals surface area contributed by atoms with E-state index >= 15 is 0 Å². The number of hydrogen-bond donors (Lipinski definition) is 0. The van der Waals surface area contributed by atoms with Crippen molar-refractivity contribution in [3.8, 4) is 0 Å². The molecular formula is C18H12ClNO3S. The third-order valence-electron chi connectivity index (χ3n) is 4.05. The molecule has 0 atom stereocenters. The lowest BCUT2D eigenvalue weighted by Crippen LogP contribution is -1.99. The molecule has 0 saturated carbocycles. The van der Waals surface area contributed by atoms with E-state index in [2.05, 4.69) is 4.98 Å². The van der Waals surface area contributed by atoms with E-state index in [0.717, 1.165) is 15.3 Å². The Labute approximate surface area is 146 Å². The van der Waals surface area contributed by atoms with Gasteiger partial charge in [0.15, 0.2) is 27.9 Å². The lowest BCUT2D eigenvalue weighted by Gasteiger charge is -2.03. The highest BCUT2D eigenvalue weighted by Crippen LogP contribution is 2.34. The van der Waals surface area contributed by atoms with E-state index < -0.39 is 0 Å². The molecule has 4 nitrogen and oxygen atoms in total. The number of thiophene rings is 1. The molecule has 6 heteroatoms. The Morgan fingerprint density at radius 1 is 1.21 bits per heavy atom. The number of benzene rings is 1. The van der Waals surface area contributed by atoms with E-state index in [1.54, 1.807) is 31.2 Å². The van der Waals surface area contributed by atoms with Crippen molar-refractivity contribution in [2.75, 3.05) is 0 Å². The first-order chi connectivity index (χ1) is 11.5. The molecule has 1 aliphatic carbocycles. The summed E-state index contributed by atoms with van der Waals surface area (Å²) in [5.74, 6) is 0.0573. The highest BCUT2D eigenvalue weighted by Gasteiger charge is 2.34. The van der Waals surface area contributed by atoms with Gasteiger partial charge >= 0.3 is 0 Å². The molecule has 2 aromatic heterocycles. The van der Waals surface area contributed by atoms with Gasteiger partial charge in [0.2, 0.25) is 0 Å². The minimum Gasteiger partial charge on any atom is -0.440 e. The Balaban J connectivity index is 1.80. The number of fused-ring (bicyclic) bond motifs is 2. The predicted molar refractivity (Wildman–Crippen MR) is 94.1 cm³/mol. The summed E-state index contributed by atoms with van der Waals surface area (Å²) < 4.78 is 5.46. The second kappa shape index (κ2) is 5.40. The molecule has 1 aromatic carbocycles. The third-order valence-corrected chi connectivity index (χ3v) is 5.36. The molecule has 0 radical (unpaired) electrons. The average Bonchev–Trinajstić information content (AvgIpc) is 3.13. The van der Waals surface area contributed by atoms with Crippen molar-refractivity contribution in [2.24, 2.45) is 0 Å². The van der Waals surface area contributed by atoms with Gasteiger partial charge in [-0.1, -0.05) is 18.5 Å². The Morgan fingerprint density at radius 2 is 1.92 bits per heavy atom. The molecule has 2 heterocycles. The van der Waals surface area contributed by atoms with Gasteiger partial charge in [-0.3, -0.25) is 9.59 Å². The maximum atomic E-state index is 12.6. The second-order valence-electron chi connectivity index (χ2n) is 5.61. The van der Waals surface area contributed by atoms with Gasteiger partial charge in [-0.25, -0.2) is 4.98 Å². The van der Waals surface area contributed by atoms with Crippen LogP contribution in [0.15, 0.2) is 28.2 Å². The van der Waals surface area contributed by atoms with Crippen molar-refractivity contribution in [1.29, 1.82) is 0 Å². The van der Waals surface area contributed by atoms with Crippen LogP contribution in [0.4, 0.5) is 0 Å². The van der Waals surface area contributed by atoms with E-state index in [9.17, 15) is 9.59 Å².